The number of primary amides is 1. The first-order chi connectivity index (χ1) is 19.0. The van der Waals surface area contributed by atoms with Gasteiger partial charge >= 0.3 is 0 Å². The van der Waals surface area contributed by atoms with Gasteiger partial charge in [-0.25, -0.2) is 0 Å². The molecule has 10 heteroatoms. The van der Waals surface area contributed by atoms with Crippen molar-refractivity contribution in [2.24, 2.45) is 5.73 Å². The van der Waals surface area contributed by atoms with Crippen molar-refractivity contribution in [1.82, 2.24) is 20.0 Å². The van der Waals surface area contributed by atoms with Gasteiger partial charge in [0.15, 0.2) is 5.82 Å². The van der Waals surface area contributed by atoms with E-state index in [1.807, 2.05) is 18.2 Å². The van der Waals surface area contributed by atoms with Crippen LogP contribution in [-0.4, -0.2) is 97.6 Å². The van der Waals surface area contributed by atoms with E-state index in [0.717, 1.165) is 112 Å². The number of rotatable bonds is 8. The molecule has 208 valence electrons. The quantitative estimate of drug-likeness (QED) is 0.404. The maximum Gasteiger partial charge on any atom is 0.250 e. The first-order valence-electron chi connectivity index (χ1n) is 14.2. The summed E-state index contributed by atoms with van der Waals surface area (Å²) < 4.78 is 11.9. The minimum Gasteiger partial charge on any atom is -0.490 e. The number of nitrogens with two attached hydrogens (primary N) is 2. The molecule has 39 heavy (non-hydrogen) atoms. The highest BCUT2D eigenvalue weighted by atomic mass is 16.5. The Morgan fingerprint density at radius 2 is 1.69 bits per heavy atom. The van der Waals surface area contributed by atoms with Crippen molar-refractivity contribution in [1.29, 1.82) is 0 Å². The summed E-state index contributed by atoms with van der Waals surface area (Å²) in [6, 6.07) is 10.00. The zero-order valence-corrected chi connectivity index (χ0v) is 22.5. The summed E-state index contributed by atoms with van der Waals surface area (Å²) in [6.07, 6.45) is 4.68. The second-order valence-corrected chi connectivity index (χ2v) is 10.9. The number of nitrogens with zero attached hydrogens (tertiary/aromatic N) is 4. The second kappa shape index (κ2) is 11.4. The minimum absolute atomic E-state index is 0.199. The predicted octanol–water partition coefficient (Wildman–Crippen LogP) is 2.69. The first kappa shape index (κ1) is 25.9. The van der Waals surface area contributed by atoms with Gasteiger partial charge in [-0.2, -0.15) is 5.10 Å². The van der Waals surface area contributed by atoms with Crippen LogP contribution in [0.5, 0.6) is 5.75 Å². The summed E-state index contributed by atoms with van der Waals surface area (Å²) in [5.74, 6) is 0.796. The standard InChI is InChI=1S/C29H39N7O3/c30-28-27-24(32-33-28)17-21(19-26(27)39-22-3-1-2-4-22)20-5-6-23(29(31)37)25(18-20)36-11-9-34(10-12-36)7-8-35-13-15-38-16-14-35/h5-6,17-19,22H,1-4,7-16H2,(H2,31,37)(H3,30,32,33). The molecule has 2 aliphatic heterocycles. The number of anilines is 2. The van der Waals surface area contributed by atoms with E-state index in [2.05, 4.69) is 37.0 Å². The van der Waals surface area contributed by atoms with E-state index in [1.54, 1.807) is 0 Å². The molecule has 1 aliphatic carbocycles. The van der Waals surface area contributed by atoms with Gasteiger partial charge in [-0.05, 0) is 61.1 Å². The maximum atomic E-state index is 12.4. The van der Waals surface area contributed by atoms with Gasteiger partial charge in [0.05, 0.1) is 41.5 Å². The number of benzene rings is 2. The van der Waals surface area contributed by atoms with Gasteiger partial charge in [0.25, 0.3) is 5.91 Å². The lowest BCUT2D eigenvalue weighted by molar-refractivity contribution is 0.0331. The van der Waals surface area contributed by atoms with E-state index < -0.39 is 5.91 Å². The Balaban J connectivity index is 1.23. The molecule has 0 bridgehead atoms. The molecular weight excluding hydrogens is 494 g/mol. The summed E-state index contributed by atoms with van der Waals surface area (Å²) in [5, 5.41) is 8.12. The van der Waals surface area contributed by atoms with Crippen molar-refractivity contribution in [3.63, 3.8) is 0 Å². The van der Waals surface area contributed by atoms with Crippen LogP contribution in [0.25, 0.3) is 22.0 Å². The number of hydrogen-bond donors (Lipinski definition) is 3. The Bertz CT molecular complexity index is 1310. The zero-order chi connectivity index (χ0) is 26.8. The third-order valence-electron chi connectivity index (χ3n) is 8.40. The van der Waals surface area contributed by atoms with Crippen LogP contribution in [0.1, 0.15) is 36.0 Å². The van der Waals surface area contributed by atoms with Crippen LogP contribution in [0, 0.1) is 0 Å². The monoisotopic (exact) mass is 533 g/mol. The zero-order valence-electron chi connectivity index (χ0n) is 22.5. The molecule has 3 fully saturated rings. The topological polar surface area (TPSA) is 126 Å². The highest BCUT2D eigenvalue weighted by molar-refractivity contribution is 6.01. The number of amides is 1. The molecule has 1 amide bonds. The van der Waals surface area contributed by atoms with Gasteiger partial charge in [0, 0.05) is 52.4 Å². The van der Waals surface area contributed by atoms with Crippen molar-refractivity contribution < 1.29 is 14.3 Å². The molecule has 2 saturated heterocycles. The number of carbonyl (C=O) groups is 1. The minimum atomic E-state index is -0.409. The highest BCUT2D eigenvalue weighted by Gasteiger charge is 2.24. The summed E-state index contributed by atoms with van der Waals surface area (Å²) in [5.41, 5.74) is 16.3. The third-order valence-corrected chi connectivity index (χ3v) is 8.40. The van der Waals surface area contributed by atoms with Crippen LogP contribution >= 0.6 is 0 Å². The van der Waals surface area contributed by atoms with Gasteiger partial charge in [0.2, 0.25) is 0 Å². The molecule has 0 unspecified atom stereocenters. The van der Waals surface area contributed by atoms with E-state index in [1.165, 1.54) is 12.8 Å². The molecule has 1 saturated carbocycles. The normalized spacial score (nSPS) is 19.6. The Morgan fingerprint density at radius 1 is 0.974 bits per heavy atom. The largest absolute Gasteiger partial charge is 0.490 e. The van der Waals surface area contributed by atoms with E-state index in [9.17, 15) is 4.79 Å². The Kier molecular flexibility index (Phi) is 7.58. The Morgan fingerprint density at radius 3 is 2.41 bits per heavy atom. The lowest BCUT2D eigenvalue weighted by Gasteiger charge is -2.38. The molecule has 3 heterocycles. The lowest BCUT2D eigenvalue weighted by Crippen LogP contribution is -2.49. The van der Waals surface area contributed by atoms with Gasteiger partial charge in [-0.15, -0.1) is 0 Å². The molecule has 5 N–H and O–H groups in total. The van der Waals surface area contributed by atoms with E-state index in [0.29, 0.717) is 11.4 Å². The molecule has 0 spiro atoms. The summed E-state index contributed by atoms with van der Waals surface area (Å²) >= 11 is 0. The number of nitrogens with one attached hydrogen (secondary N) is 1. The van der Waals surface area contributed by atoms with Crippen LogP contribution in [0.3, 0.4) is 0 Å². The van der Waals surface area contributed by atoms with Crippen molar-refractivity contribution in [3.05, 3.63) is 35.9 Å². The molecule has 0 radical (unpaired) electrons. The average Bonchev–Trinajstić information content (AvgIpc) is 3.62. The third kappa shape index (κ3) is 5.68. The molecule has 2 aromatic carbocycles. The average molecular weight is 534 g/mol. The number of carbonyl (C=O) groups excluding carboxylic acids is 1. The molecule has 3 aromatic rings. The number of aromatic amines is 1. The molecule has 0 atom stereocenters. The number of aromatic nitrogens is 2. The van der Waals surface area contributed by atoms with E-state index >= 15 is 0 Å². The van der Waals surface area contributed by atoms with E-state index in [4.69, 9.17) is 20.9 Å². The van der Waals surface area contributed by atoms with Crippen LogP contribution in [0.15, 0.2) is 30.3 Å². The number of morpholine rings is 1. The van der Waals surface area contributed by atoms with Gasteiger partial charge in [0.1, 0.15) is 5.75 Å². The lowest BCUT2D eigenvalue weighted by atomic mass is 9.99. The van der Waals surface area contributed by atoms with Crippen LogP contribution in [0.2, 0.25) is 0 Å². The Labute approximate surface area is 229 Å². The fraction of sp³-hybridized carbons (Fsp3) is 0.517. The fourth-order valence-electron chi connectivity index (χ4n) is 6.09. The smallest absolute Gasteiger partial charge is 0.250 e. The number of H-pyrrole nitrogens is 1. The second-order valence-electron chi connectivity index (χ2n) is 10.9. The summed E-state index contributed by atoms with van der Waals surface area (Å²) in [4.78, 5) is 19.7. The SMILES string of the molecule is NC(=O)c1ccc(-c2cc(OC3CCCC3)c3c(N)n[nH]c3c2)cc1N1CCN(CCN2CCOCC2)CC1. The summed E-state index contributed by atoms with van der Waals surface area (Å²) in [7, 11) is 0. The Hall–Kier alpha value is -3.34. The van der Waals surface area contributed by atoms with Crippen molar-refractivity contribution in [2.45, 2.75) is 31.8 Å². The van der Waals surface area contributed by atoms with Crippen molar-refractivity contribution >= 4 is 28.3 Å². The number of fused-ring (bicyclic) bond motifs is 1. The molecule has 1 aromatic heterocycles. The first-order valence-corrected chi connectivity index (χ1v) is 14.2. The van der Waals surface area contributed by atoms with Crippen LogP contribution < -0.4 is 21.1 Å². The van der Waals surface area contributed by atoms with Crippen LogP contribution in [0.4, 0.5) is 11.5 Å². The number of nitrogen functional groups attached to an aromatic ring is 1. The number of hydrogen-bond acceptors (Lipinski definition) is 8. The molecule has 6 rings (SSSR count). The number of ether oxygens (including phenoxy) is 2. The fourth-order valence-corrected chi connectivity index (χ4v) is 6.09. The summed E-state index contributed by atoms with van der Waals surface area (Å²) in [6.45, 7) is 9.39. The van der Waals surface area contributed by atoms with Crippen LogP contribution in [-0.2, 0) is 4.74 Å². The number of piperazine rings is 1. The van der Waals surface area contributed by atoms with Gasteiger partial charge in [-0.3, -0.25) is 19.7 Å². The van der Waals surface area contributed by atoms with E-state index in [-0.39, 0.29) is 6.10 Å². The van der Waals surface area contributed by atoms with Gasteiger partial charge < -0.3 is 25.8 Å². The predicted molar refractivity (Wildman–Crippen MR) is 153 cm³/mol. The van der Waals surface area contributed by atoms with Gasteiger partial charge in [-0.1, -0.05) is 6.07 Å². The maximum absolute atomic E-state index is 12.4. The molecule has 3 aliphatic rings. The molecular formula is C29H39N7O3. The highest BCUT2D eigenvalue weighted by Crippen LogP contribution is 2.38. The van der Waals surface area contributed by atoms with Crippen molar-refractivity contribution in [2.75, 3.05) is 76.2 Å². The molecule has 10 nitrogen and oxygen atoms in total. The van der Waals surface area contributed by atoms with Crippen molar-refractivity contribution in [3.8, 4) is 16.9 Å².